The second kappa shape index (κ2) is 8.09. The smallest absolute Gasteiger partial charge is 0.170 e. The topological polar surface area (TPSA) is 91.1 Å². The predicted molar refractivity (Wildman–Crippen MR) is 101 cm³/mol. The number of aliphatic imine (C=N–C) groups is 1. The van der Waals surface area contributed by atoms with E-state index in [0.717, 1.165) is 27.4 Å². The van der Waals surface area contributed by atoms with Crippen molar-refractivity contribution in [1.82, 2.24) is 4.98 Å². The van der Waals surface area contributed by atoms with Gasteiger partial charge in [-0.1, -0.05) is 11.8 Å². The highest BCUT2D eigenvalue weighted by Gasteiger charge is 2.29. The Morgan fingerprint density at radius 2 is 2.04 bits per heavy atom. The number of anilines is 1. The summed E-state index contributed by atoms with van der Waals surface area (Å²) in [5.41, 5.74) is 8.63. The summed E-state index contributed by atoms with van der Waals surface area (Å²) < 4.78 is 21.3. The van der Waals surface area contributed by atoms with Crippen molar-refractivity contribution in [3.63, 3.8) is 0 Å². The molecule has 8 heteroatoms. The molecule has 0 saturated heterocycles. The van der Waals surface area contributed by atoms with E-state index in [1.54, 1.807) is 33.1 Å². The summed E-state index contributed by atoms with van der Waals surface area (Å²) in [4.78, 5) is 7.97. The highest BCUT2D eigenvalue weighted by atomic mass is 32.2. The second-order valence-electron chi connectivity index (χ2n) is 5.64. The number of hydrogen-bond acceptors (Lipinski definition) is 7. The number of hydrogen-bond donors (Lipinski definition) is 2. The Labute approximate surface area is 150 Å². The van der Waals surface area contributed by atoms with Gasteiger partial charge in [-0.15, -0.1) is 0 Å². The molecule has 0 fully saturated rings. The van der Waals surface area contributed by atoms with Crippen LogP contribution in [0.3, 0.4) is 0 Å². The van der Waals surface area contributed by atoms with Crippen LogP contribution in [0.15, 0.2) is 23.2 Å². The third-order valence-electron chi connectivity index (χ3n) is 3.96. The van der Waals surface area contributed by atoms with E-state index >= 15 is 0 Å². The number of nitrogens with two attached hydrogens (primary N) is 1. The molecule has 1 unspecified atom stereocenters. The monoisotopic (exact) mass is 365 g/mol. The Balaban J connectivity index is 1.78. The van der Waals surface area contributed by atoms with Crippen LogP contribution in [0.2, 0.25) is 0 Å². The lowest BCUT2D eigenvalue weighted by Gasteiger charge is -2.18. The highest BCUT2D eigenvalue weighted by Crippen LogP contribution is 2.33. The first-order chi connectivity index (χ1) is 12.2. The van der Waals surface area contributed by atoms with Gasteiger partial charge in [-0.2, -0.15) is 0 Å². The van der Waals surface area contributed by atoms with Crippen molar-refractivity contribution in [1.29, 1.82) is 0 Å². The molecule has 0 bridgehead atoms. The third kappa shape index (κ3) is 3.92. The van der Waals surface area contributed by atoms with Crippen molar-refractivity contribution in [2.75, 3.05) is 46.8 Å². The van der Waals surface area contributed by atoms with Crippen molar-refractivity contribution < 1.29 is 18.9 Å². The molecule has 1 aliphatic heterocycles. The molecule has 2 heterocycles. The van der Waals surface area contributed by atoms with Gasteiger partial charge in [0.05, 0.1) is 35.3 Å². The van der Waals surface area contributed by atoms with Gasteiger partial charge in [0.25, 0.3) is 0 Å². The van der Waals surface area contributed by atoms with Crippen LogP contribution in [0.1, 0.15) is 5.69 Å². The lowest BCUT2D eigenvalue weighted by molar-refractivity contribution is -0.0994. The number of aromatic nitrogens is 1. The lowest BCUT2D eigenvalue weighted by Crippen LogP contribution is -2.28. The summed E-state index contributed by atoms with van der Waals surface area (Å²) in [7, 11) is 4.92. The van der Waals surface area contributed by atoms with Crippen LogP contribution in [-0.2, 0) is 14.2 Å². The van der Waals surface area contributed by atoms with Gasteiger partial charge >= 0.3 is 0 Å². The van der Waals surface area contributed by atoms with Crippen molar-refractivity contribution in [2.45, 2.75) is 11.5 Å². The standard InChI is InChI=1S/C17H23N3O4S/c1-21-4-5-24-11-6-10-7-13(20-15(10)12(18)8-11)16-19-9-14(25-16)17(22-2)23-3/h6-8,14,17,20H,4-5,9,18H2,1-3H3. The summed E-state index contributed by atoms with van der Waals surface area (Å²) in [5.74, 6) is 0.727. The maximum absolute atomic E-state index is 6.16. The number of rotatable bonds is 8. The summed E-state index contributed by atoms with van der Waals surface area (Å²) in [5, 5.41) is 2.06. The fourth-order valence-electron chi connectivity index (χ4n) is 2.77. The first-order valence-corrected chi connectivity index (χ1v) is 8.85. The van der Waals surface area contributed by atoms with Crippen LogP contribution in [0.5, 0.6) is 5.75 Å². The minimum atomic E-state index is -0.276. The Morgan fingerprint density at radius 3 is 2.76 bits per heavy atom. The normalized spacial score (nSPS) is 17.4. The zero-order valence-electron chi connectivity index (χ0n) is 14.6. The number of methoxy groups -OCH3 is 3. The molecule has 1 aromatic heterocycles. The molecule has 7 nitrogen and oxygen atoms in total. The van der Waals surface area contributed by atoms with Gasteiger partial charge in [0.2, 0.25) is 0 Å². The molecule has 136 valence electrons. The Bertz CT molecular complexity index is 758. The van der Waals surface area contributed by atoms with Gasteiger partial charge in [-0.25, -0.2) is 0 Å². The van der Waals surface area contributed by atoms with Crippen LogP contribution in [0.25, 0.3) is 10.9 Å². The zero-order chi connectivity index (χ0) is 17.8. The van der Waals surface area contributed by atoms with E-state index < -0.39 is 0 Å². The third-order valence-corrected chi connectivity index (χ3v) is 5.21. The van der Waals surface area contributed by atoms with E-state index in [-0.39, 0.29) is 11.5 Å². The van der Waals surface area contributed by atoms with Crippen LogP contribution in [0, 0.1) is 0 Å². The van der Waals surface area contributed by atoms with Gasteiger partial charge in [0.15, 0.2) is 6.29 Å². The van der Waals surface area contributed by atoms with Crippen LogP contribution in [-0.4, -0.2) is 62.7 Å². The number of fused-ring (bicyclic) bond motifs is 1. The molecule has 1 aliphatic rings. The molecule has 3 N–H and O–H groups in total. The fourth-order valence-corrected chi connectivity index (χ4v) is 3.92. The number of ether oxygens (including phenoxy) is 4. The average Bonchev–Trinajstić information content (AvgIpc) is 3.23. The number of nitrogens with zero attached hydrogens (tertiary/aromatic N) is 1. The van der Waals surface area contributed by atoms with Crippen molar-refractivity contribution in [3.05, 3.63) is 23.9 Å². The summed E-state index contributed by atoms with van der Waals surface area (Å²) >= 11 is 1.64. The summed E-state index contributed by atoms with van der Waals surface area (Å²) in [6.45, 7) is 1.67. The van der Waals surface area contributed by atoms with Gasteiger partial charge in [0, 0.05) is 32.8 Å². The molecule has 0 radical (unpaired) electrons. The molecule has 1 aromatic carbocycles. The maximum Gasteiger partial charge on any atom is 0.170 e. The van der Waals surface area contributed by atoms with Gasteiger partial charge in [-0.3, -0.25) is 4.99 Å². The molecule has 1 atom stereocenters. The second-order valence-corrected chi connectivity index (χ2v) is 6.87. The molecular formula is C17H23N3O4S. The quantitative estimate of drug-likeness (QED) is 0.424. The van der Waals surface area contributed by atoms with E-state index in [4.69, 9.17) is 24.7 Å². The Kier molecular flexibility index (Phi) is 5.85. The molecule has 0 amide bonds. The molecule has 0 aliphatic carbocycles. The van der Waals surface area contributed by atoms with Crippen LogP contribution >= 0.6 is 11.8 Å². The minimum Gasteiger partial charge on any atom is -0.491 e. The summed E-state index contributed by atoms with van der Waals surface area (Å²) in [6, 6.07) is 5.82. The number of nitrogens with one attached hydrogen (secondary N) is 1. The molecule has 25 heavy (non-hydrogen) atoms. The van der Waals surface area contributed by atoms with E-state index in [1.165, 1.54) is 0 Å². The minimum absolute atomic E-state index is 0.140. The molecule has 2 aromatic rings. The predicted octanol–water partition coefficient (Wildman–Crippen LogP) is 2.26. The number of nitrogen functional groups attached to an aromatic ring is 1. The maximum atomic E-state index is 6.16. The van der Waals surface area contributed by atoms with E-state index in [1.807, 2.05) is 18.2 Å². The number of aromatic amines is 1. The van der Waals surface area contributed by atoms with Crippen LogP contribution in [0.4, 0.5) is 5.69 Å². The Hall–Kier alpha value is -1.74. The average molecular weight is 365 g/mol. The van der Waals surface area contributed by atoms with E-state index in [9.17, 15) is 0 Å². The number of thioether (sulfide) groups is 1. The van der Waals surface area contributed by atoms with Gasteiger partial charge in [-0.05, 0) is 12.1 Å². The molecule has 0 spiro atoms. The first kappa shape index (κ1) is 18.1. The molecular weight excluding hydrogens is 342 g/mol. The van der Waals surface area contributed by atoms with E-state index in [0.29, 0.717) is 25.4 Å². The molecule has 3 rings (SSSR count). The first-order valence-electron chi connectivity index (χ1n) is 7.97. The van der Waals surface area contributed by atoms with Crippen molar-refractivity contribution in [3.8, 4) is 5.75 Å². The Morgan fingerprint density at radius 1 is 1.24 bits per heavy atom. The number of benzene rings is 1. The summed E-state index contributed by atoms with van der Waals surface area (Å²) in [6.07, 6.45) is -0.276. The van der Waals surface area contributed by atoms with Gasteiger partial charge < -0.3 is 29.7 Å². The number of H-pyrrole nitrogens is 1. The van der Waals surface area contributed by atoms with Crippen LogP contribution < -0.4 is 10.5 Å². The SMILES string of the molecule is COCCOc1cc(N)c2[nH]c(C3=NCC(C(OC)OC)S3)cc2c1. The van der Waals surface area contributed by atoms with E-state index in [2.05, 4.69) is 9.98 Å². The highest BCUT2D eigenvalue weighted by molar-refractivity contribution is 8.15. The zero-order valence-corrected chi connectivity index (χ0v) is 15.4. The fraction of sp³-hybridized carbons (Fsp3) is 0.471. The molecule has 0 saturated carbocycles. The van der Waals surface area contributed by atoms with Crippen molar-refractivity contribution in [2.24, 2.45) is 4.99 Å². The van der Waals surface area contributed by atoms with Gasteiger partial charge in [0.1, 0.15) is 17.4 Å². The lowest BCUT2D eigenvalue weighted by atomic mass is 10.2. The largest absolute Gasteiger partial charge is 0.491 e. The van der Waals surface area contributed by atoms with Crippen molar-refractivity contribution >= 4 is 33.4 Å².